The first kappa shape index (κ1) is 24.1. The summed E-state index contributed by atoms with van der Waals surface area (Å²) in [6.45, 7) is 5.55. The Balaban J connectivity index is 0.00000289. The van der Waals surface area contributed by atoms with Gasteiger partial charge in [0.25, 0.3) is 0 Å². The molecular formula is C23H31IN4O4. The summed E-state index contributed by atoms with van der Waals surface area (Å²) in [6, 6.07) is 12.2. The molecule has 2 N–H and O–H groups in total. The van der Waals surface area contributed by atoms with Crippen molar-refractivity contribution >= 4 is 35.6 Å². The molecule has 2 aromatic rings. The van der Waals surface area contributed by atoms with Crippen LogP contribution < -0.4 is 34.5 Å². The maximum atomic E-state index is 5.46. The molecule has 2 aliphatic rings. The van der Waals surface area contributed by atoms with Crippen molar-refractivity contribution in [2.75, 3.05) is 45.5 Å². The van der Waals surface area contributed by atoms with Crippen LogP contribution in [0, 0.1) is 0 Å². The van der Waals surface area contributed by atoms with Gasteiger partial charge in [-0.3, -0.25) is 0 Å². The number of anilines is 1. The Hall–Kier alpha value is -2.56. The molecule has 1 atom stereocenters. The quantitative estimate of drug-likeness (QED) is 0.309. The summed E-state index contributed by atoms with van der Waals surface area (Å²) in [5.74, 6) is 3.98. The van der Waals surface area contributed by atoms with Gasteiger partial charge in [-0.25, -0.2) is 4.99 Å². The molecule has 2 aliphatic heterocycles. The van der Waals surface area contributed by atoms with E-state index in [1.54, 1.807) is 14.2 Å². The van der Waals surface area contributed by atoms with Gasteiger partial charge in [0.2, 0.25) is 6.79 Å². The van der Waals surface area contributed by atoms with Crippen LogP contribution in [0.5, 0.6) is 23.0 Å². The van der Waals surface area contributed by atoms with Crippen LogP contribution in [-0.4, -0.2) is 52.6 Å². The first-order chi connectivity index (χ1) is 15.2. The van der Waals surface area contributed by atoms with E-state index in [9.17, 15) is 0 Å². The highest BCUT2D eigenvalue weighted by Gasteiger charge is 2.24. The fourth-order valence-electron chi connectivity index (χ4n) is 3.81. The number of nitrogens with one attached hydrogen (secondary N) is 2. The van der Waals surface area contributed by atoms with Gasteiger partial charge in [0, 0.05) is 49.6 Å². The van der Waals surface area contributed by atoms with Gasteiger partial charge in [0.05, 0.1) is 20.8 Å². The number of hydrogen-bond acceptors (Lipinski definition) is 6. The monoisotopic (exact) mass is 554 g/mol. The summed E-state index contributed by atoms with van der Waals surface area (Å²) >= 11 is 0. The van der Waals surface area contributed by atoms with Crippen LogP contribution in [0.3, 0.4) is 0 Å². The number of guanidine groups is 1. The lowest BCUT2D eigenvalue weighted by Gasteiger charge is -2.21. The molecule has 32 heavy (non-hydrogen) atoms. The number of aliphatic imine (C=N–C) groups is 1. The Morgan fingerprint density at radius 2 is 1.84 bits per heavy atom. The standard InChI is InChI=1S/C23H30N4O4.HI/c1-4-24-23(25-13-16-5-6-21-22(9-16)31-15-30-21)26-17-7-8-27(14-17)18-10-19(28-2)12-20(11-18)29-3;/h5-6,9-12,17H,4,7-8,13-15H2,1-3H3,(H2,24,25,26);1H. The van der Waals surface area contributed by atoms with E-state index in [1.165, 1.54) is 0 Å². The van der Waals surface area contributed by atoms with E-state index < -0.39 is 0 Å². The second-order valence-corrected chi connectivity index (χ2v) is 7.53. The van der Waals surface area contributed by atoms with Gasteiger partial charge in [-0.15, -0.1) is 24.0 Å². The van der Waals surface area contributed by atoms with Crippen LogP contribution in [0.4, 0.5) is 5.69 Å². The number of fused-ring (bicyclic) bond motifs is 1. The van der Waals surface area contributed by atoms with Crippen molar-refractivity contribution in [2.45, 2.75) is 25.9 Å². The molecule has 2 heterocycles. The second-order valence-electron chi connectivity index (χ2n) is 7.53. The summed E-state index contributed by atoms with van der Waals surface area (Å²) < 4.78 is 21.7. The zero-order valence-electron chi connectivity index (χ0n) is 18.7. The molecule has 174 valence electrons. The Labute approximate surface area is 206 Å². The second kappa shape index (κ2) is 11.3. The molecule has 0 aliphatic carbocycles. The fraction of sp³-hybridized carbons (Fsp3) is 0.435. The molecule has 1 unspecified atom stereocenters. The number of nitrogens with zero attached hydrogens (tertiary/aromatic N) is 2. The van der Waals surface area contributed by atoms with Crippen LogP contribution in [0.2, 0.25) is 0 Å². The number of rotatable bonds is 7. The summed E-state index contributed by atoms with van der Waals surface area (Å²) in [7, 11) is 3.35. The molecule has 0 bridgehead atoms. The molecule has 4 rings (SSSR count). The van der Waals surface area contributed by atoms with Gasteiger partial charge in [-0.05, 0) is 31.0 Å². The predicted molar refractivity (Wildman–Crippen MR) is 136 cm³/mol. The summed E-state index contributed by atoms with van der Waals surface area (Å²) in [4.78, 5) is 7.10. The fourth-order valence-corrected chi connectivity index (χ4v) is 3.81. The van der Waals surface area contributed by atoms with E-state index in [4.69, 9.17) is 23.9 Å². The third-order valence-electron chi connectivity index (χ3n) is 5.43. The molecule has 0 radical (unpaired) electrons. The number of ether oxygens (including phenoxy) is 4. The van der Waals surface area contributed by atoms with Crippen molar-refractivity contribution < 1.29 is 18.9 Å². The number of benzene rings is 2. The average Bonchev–Trinajstić information content (AvgIpc) is 3.46. The molecular weight excluding hydrogens is 523 g/mol. The van der Waals surface area contributed by atoms with Gasteiger partial charge in [0.15, 0.2) is 17.5 Å². The third kappa shape index (κ3) is 5.81. The highest BCUT2D eigenvalue weighted by molar-refractivity contribution is 14.0. The summed E-state index contributed by atoms with van der Waals surface area (Å²) in [6.07, 6.45) is 1.02. The van der Waals surface area contributed by atoms with Crippen molar-refractivity contribution in [2.24, 2.45) is 4.99 Å². The largest absolute Gasteiger partial charge is 0.497 e. The van der Waals surface area contributed by atoms with Gasteiger partial charge in [-0.2, -0.15) is 0 Å². The minimum absolute atomic E-state index is 0. The molecule has 0 saturated carbocycles. The Kier molecular flexibility index (Phi) is 8.54. The van der Waals surface area contributed by atoms with Crippen LogP contribution in [0.25, 0.3) is 0 Å². The highest BCUT2D eigenvalue weighted by Crippen LogP contribution is 2.33. The van der Waals surface area contributed by atoms with Crippen LogP contribution in [-0.2, 0) is 6.54 Å². The zero-order valence-corrected chi connectivity index (χ0v) is 21.1. The number of halogens is 1. The summed E-state index contributed by atoms with van der Waals surface area (Å²) in [5, 5.41) is 6.92. The maximum absolute atomic E-state index is 5.46. The maximum Gasteiger partial charge on any atom is 0.231 e. The topological polar surface area (TPSA) is 76.6 Å². The Morgan fingerprint density at radius 1 is 1.09 bits per heavy atom. The zero-order chi connectivity index (χ0) is 21.6. The highest BCUT2D eigenvalue weighted by atomic mass is 127. The van der Waals surface area contributed by atoms with Crippen molar-refractivity contribution in [3.8, 4) is 23.0 Å². The van der Waals surface area contributed by atoms with Crippen molar-refractivity contribution in [3.05, 3.63) is 42.0 Å². The van der Waals surface area contributed by atoms with E-state index in [1.807, 2.05) is 36.4 Å². The lowest BCUT2D eigenvalue weighted by Crippen LogP contribution is -2.44. The first-order valence-electron chi connectivity index (χ1n) is 10.6. The van der Waals surface area contributed by atoms with E-state index >= 15 is 0 Å². The van der Waals surface area contributed by atoms with Crippen LogP contribution in [0.1, 0.15) is 18.9 Å². The molecule has 0 spiro atoms. The van der Waals surface area contributed by atoms with Gasteiger partial charge >= 0.3 is 0 Å². The van der Waals surface area contributed by atoms with E-state index in [0.29, 0.717) is 12.6 Å². The van der Waals surface area contributed by atoms with E-state index in [2.05, 4.69) is 22.5 Å². The third-order valence-corrected chi connectivity index (χ3v) is 5.43. The lowest BCUT2D eigenvalue weighted by molar-refractivity contribution is 0.174. The molecule has 0 amide bonds. The van der Waals surface area contributed by atoms with Crippen LogP contribution >= 0.6 is 24.0 Å². The minimum Gasteiger partial charge on any atom is -0.497 e. The lowest BCUT2D eigenvalue weighted by atomic mass is 10.2. The average molecular weight is 554 g/mol. The van der Waals surface area contributed by atoms with Crippen molar-refractivity contribution in [3.63, 3.8) is 0 Å². The smallest absolute Gasteiger partial charge is 0.231 e. The van der Waals surface area contributed by atoms with Gasteiger partial charge in [-0.1, -0.05) is 6.07 Å². The molecule has 1 saturated heterocycles. The van der Waals surface area contributed by atoms with Gasteiger partial charge in [0.1, 0.15) is 11.5 Å². The molecule has 9 heteroatoms. The Bertz CT molecular complexity index is 918. The SMILES string of the molecule is CCNC(=NCc1ccc2c(c1)OCO2)NC1CCN(c2cc(OC)cc(OC)c2)C1.I. The number of hydrogen-bond donors (Lipinski definition) is 2. The normalized spacial score (nSPS) is 17.0. The predicted octanol–water partition coefficient (Wildman–Crippen LogP) is 3.38. The molecule has 2 aromatic carbocycles. The molecule has 1 fully saturated rings. The van der Waals surface area contributed by atoms with Crippen molar-refractivity contribution in [1.29, 1.82) is 0 Å². The Morgan fingerprint density at radius 3 is 2.56 bits per heavy atom. The summed E-state index contributed by atoms with van der Waals surface area (Å²) in [5.41, 5.74) is 2.18. The van der Waals surface area contributed by atoms with Crippen LogP contribution in [0.15, 0.2) is 41.4 Å². The molecule has 0 aromatic heterocycles. The van der Waals surface area contributed by atoms with Crippen molar-refractivity contribution in [1.82, 2.24) is 10.6 Å². The van der Waals surface area contributed by atoms with E-state index in [0.717, 1.165) is 66.3 Å². The van der Waals surface area contributed by atoms with E-state index in [-0.39, 0.29) is 30.8 Å². The minimum atomic E-state index is 0. The molecule has 8 nitrogen and oxygen atoms in total. The first-order valence-corrected chi connectivity index (χ1v) is 10.6. The number of methoxy groups -OCH3 is 2. The van der Waals surface area contributed by atoms with Gasteiger partial charge < -0.3 is 34.5 Å².